The molecule has 124 valence electrons. The molecule has 4 heteroatoms. The number of rotatable bonds is 6. The van der Waals surface area contributed by atoms with E-state index in [0.29, 0.717) is 12.8 Å². The summed E-state index contributed by atoms with van der Waals surface area (Å²) in [6.07, 6.45) is 6.32. The molecule has 2 atom stereocenters. The Hall–Kier alpha value is -1.58. The second-order valence-electron chi connectivity index (χ2n) is 6.95. The summed E-state index contributed by atoms with van der Waals surface area (Å²) in [5.74, 6) is -1.58. The van der Waals surface area contributed by atoms with E-state index in [2.05, 4.69) is 13.2 Å². The van der Waals surface area contributed by atoms with Crippen molar-refractivity contribution < 1.29 is 19.1 Å². The Morgan fingerprint density at radius 3 is 1.45 bits per heavy atom. The van der Waals surface area contributed by atoms with Crippen molar-refractivity contribution in [1.82, 2.24) is 0 Å². The lowest BCUT2D eigenvalue weighted by Crippen LogP contribution is -2.40. The molecular weight excluding hydrogens is 280 g/mol. The minimum Gasteiger partial charge on any atom is -0.455 e. The molecule has 1 aliphatic rings. The number of carbonyl (C=O) groups excluding carboxylic acids is 2. The van der Waals surface area contributed by atoms with Crippen molar-refractivity contribution in [3.05, 3.63) is 25.3 Å². The molecule has 1 aliphatic carbocycles. The number of hydrogen-bond donors (Lipinski definition) is 0. The lowest BCUT2D eigenvalue weighted by atomic mass is 9.79. The van der Waals surface area contributed by atoms with Gasteiger partial charge in [0.25, 0.3) is 0 Å². The van der Waals surface area contributed by atoms with Crippen LogP contribution >= 0.6 is 0 Å². The summed E-state index contributed by atoms with van der Waals surface area (Å²) in [6, 6.07) is 0. The van der Waals surface area contributed by atoms with Crippen LogP contribution in [-0.4, -0.2) is 23.1 Å². The van der Waals surface area contributed by atoms with Crippen LogP contribution in [0.3, 0.4) is 0 Å². The third kappa shape index (κ3) is 5.00. The molecule has 1 fully saturated rings. The Kier molecular flexibility index (Phi) is 5.98. The molecule has 0 amide bonds. The molecule has 0 aromatic carbocycles. The zero-order valence-corrected chi connectivity index (χ0v) is 14.2. The van der Waals surface area contributed by atoms with Crippen molar-refractivity contribution >= 4 is 11.9 Å². The van der Waals surface area contributed by atoms with Crippen LogP contribution in [0.15, 0.2) is 25.3 Å². The predicted molar refractivity (Wildman–Crippen MR) is 86.2 cm³/mol. The fraction of sp³-hybridized carbons (Fsp3) is 0.667. The molecule has 0 spiro atoms. The van der Waals surface area contributed by atoms with Crippen LogP contribution in [0.1, 0.15) is 53.4 Å². The molecule has 4 nitrogen and oxygen atoms in total. The third-order valence-corrected chi connectivity index (χ3v) is 4.08. The van der Waals surface area contributed by atoms with Crippen LogP contribution in [0.5, 0.6) is 0 Å². The zero-order chi connectivity index (χ0) is 17.0. The van der Waals surface area contributed by atoms with Gasteiger partial charge >= 0.3 is 11.9 Å². The maximum Gasteiger partial charge on any atom is 0.310 e. The quantitative estimate of drug-likeness (QED) is 0.553. The molecule has 0 aromatic heterocycles. The van der Waals surface area contributed by atoms with Crippen LogP contribution in [0.25, 0.3) is 0 Å². The summed E-state index contributed by atoms with van der Waals surface area (Å²) in [5, 5.41) is 0. The summed E-state index contributed by atoms with van der Waals surface area (Å²) >= 11 is 0. The van der Waals surface area contributed by atoms with E-state index in [1.807, 2.05) is 0 Å². The van der Waals surface area contributed by atoms with Crippen LogP contribution in [0.2, 0.25) is 0 Å². The molecule has 22 heavy (non-hydrogen) atoms. The van der Waals surface area contributed by atoms with E-state index >= 15 is 0 Å². The average molecular weight is 308 g/mol. The fourth-order valence-electron chi connectivity index (χ4n) is 2.45. The highest BCUT2D eigenvalue weighted by Crippen LogP contribution is 2.34. The van der Waals surface area contributed by atoms with Crippen LogP contribution < -0.4 is 0 Å². The van der Waals surface area contributed by atoms with Gasteiger partial charge in [-0.1, -0.05) is 26.0 Å². The first-order valence-corrected chi connectivity index (χ1v) is 7.85. The van der Waals surface area contributed by atoms with Crippen molar-refractivity contribution in [3.63, 3.8) is 0 Å². The number of hydrogen-bond acceptors (Lipinski definition) is 4. The standard InChI is InChI=1S/C18H28O4/c1-7-17(3,4)21-15(19)13-11-9-10-12-14(13)16(20)22-18(5,6)8-2/h7-8,13-14H,1-2,9-12H2,3-6H3. The lowest BCUT2D eigenvalue weighted by molar-refractivity contribution is -0.172. The van der Waals surface area contributed by atoms with Gasteiger partial charge in [-0.3, -0.25) is 9.59 Å². The zero-order valence-electron chi connectivity index (χ0n) is 14.2. The largest absolute Gasteiger partial charge is 0.455 e. The Labute approximate surface area is 133 Å². The van der Waals surface area contributed by atoms with Gasteiger partial charge in [0, 0.05) is 0 Å². The summed E-state index contributed by atoms with van der Waals surface area (Å²) in [7, 11) is 0. The fourth-order valence-corrected chi connectivity index (χ4v) is 2.45. The highest BCUT2D eigenvalue weighted by atomic mass is 16.6. The first-order valence-electron chi connectivity index (χ1n) is 7.85. The minimum absolute atomic E-state index is 0.344. The topological polar surface area (TPSA) is 52.6 Å². The van der Waals surface area contributed by atoms with E-state index in [4.69, 9.17) is 9.47 Å². The highest BCUT2D eigenvalue weighted by Gasteiger charge is 2.40. The van der Waals surface area contributed by atoms with Crippen LogP contribution in [0.4, 0.5) is 0 Å². The highest BCUT2D eigenvalue weighted by molar-refractivity contribution is 5.82. The monoisotopic (exact) mass is 308 g/mol. The summed E-state index contributed by atoms with van der Waals surface area (Å²) in [4.78, 5) is 24.8. The van der Waals surface area contributed by atoms with E-state index in [9.17, 15) is 9.59 Å². The molecule has 0 aromatic rings. The average Bonchev–Trinajstić information content (AvgIpc) is 2.46. The molecule has 0 heterocycles. The number of ether oxygens (including phenoxy) is 2. The van der Waals surface area contributed by atoms with Gasteiger partial charge in [0.15, 0.2) is 0 Å². The van der Waals surface area contributed by atoms with E-state index in [1.165, 1.54) is 0 Å². The molecule has 0 saturated heterocycles. The van der Waals surface area contributed by atoms with Crippen molar-refractivity contribution in [2.75, 3.05) is 0 Å². The minimum atomic E-state index is -0.733. The van der Waals surface area contributed by atoms with Gasteiger partial charge in [0.1, 0.15) is 11.2 Å². The molecule has 0 N–H and O–H groups in total. The Balaban J connectivity index is 2.83. The third-order valence-electron chi connectivity index (χ3n) is 4.08. The summed E-state index contributed by atoms with van der Waals surface area (Å²) in [6.45, 7) is 14.4. The van der Waals surface area contributed by atoms with E-state index in [-0.39, 0.29) is 11.9 Å². The smallest absolute Gasteiger partial charge is 0.310 e. The SMILES string of the molecule is C=CC(C)(C)OC(=O)C1CCCCC1C(=O)OC(C)(C)C=C. The van der Waals surface area contributed by atoms with E-state index in [0.717, 1.165) is 12.8 Å². The first kappa shape index (κ1) is 18.5. The van der Waals surface area contributed by atoms with Gasteiger partial charge < -0.3 is 9.47 Å². The molecule has 2 unspecified atom stereocenters. The van der Waals surface area contributed by atoms with Crippen molar-refractivity contribution in [1.29, 1.82) is 0 Å². The second-order valence-corrected chi connectivity index (χ2v) is 6.95. The van der Waals surface area contributed by atoms with Gasteiger partial charge in [-0.15, -0.1) is 0 Å². The Morgan fingerprint density at radius 2 is 1.18 bits per heavy atom. The number of carbonyl (C=O) groups is 2. The molecule has 1 saturated carbocycles. The molecule has 0 bridgehead atoms. The maximum atomic E-state index is 12.4. The Morgan fingerprint density at radius 1 is 0.864 bits per heavy atom. The Bertz CT molecular complexity index is 406. The normalized spacial score (nSPS) is 22.5. The molecule has 0 aliphatic heterocycles. The maximum absolute atomic E-state index is 12.4. The van der Waals surface area contributed by atoms with Crippen molar-refractivity contribution in [3.8, 4) is 0 Å². The van der Waals surface area contributed by atoms with Crippen LogP contribution in [0, 0.1) is 11.8 Å². The first-order chi connectivity index (χ1) is 10.1. The van der Waals surface area contributed by atoms with Gasteiger partial charge in [0.05, 0.1) is 11.8 Å². The summed E-state index contributed by atoms with van der Waals surface area (Å²) < 4.78 is 11.0. The van der Waals surface area contributed by atoms with Crippen molar-refractivity contribution in [2.45, 2.75) is 64.6 Å². The van der Waals surface area contributed by atoms with E-state index in [1.54, 1.807) is 39.8 Å². The predicted octanol–water partition coefficient (Wildman–Crippen LogP) is 3.81. The van der Waals surface area contributed by atoms with Gasteiger partial charge in [-0.25, -0.2) is 0 Å². The lowest BCUT2D eigenvalue weighted by Gasteiger charge is -2.33. The summed E-state index contributed by atoms with van der Waals surface area (Å²) in [5.41, 5.74) is -1.47. The van der Waals surface area contributed by atoms with Crippen LogP contribution in [-0.2, 0) is 19.1 Å². The molecule has 1 rings (SSSR count). The molecule has 0 radical (unpaired) electrons. The van der Waals surface area contributed by atoms with Gasteiger partial charge in [-0.2, -0.15) is 0 Å². The van der Waals surface area contributed by atoms with E-state index < -0.39 is 23.0 Å². The van der Waals surface area contributed by atoms with Gasteiger partial charge in [-0.05, 0) is 52.7 Å². The number of esters is 2. The second kappa shape index (κ2) is 7.12. The molecular formula is C18H28O4. The van der Waals surface area contributed by atoms with Gasteiger partial charge in [0.2, 0.25) is 0 Å². The van der Waals surface area contributed by atoms with Crippen molar-refractivity contribution in [2.24, 2.45) is 11.8 Å².